The van der Waals surface area contributed by atoms with Crippen molar-refractivity contribution < 1.29 is 42.9 Å². The lowest BCUT2D eigenvalue weighted by Gasteiger charge is -2.37. The number of carbonyl (C=O) groups excluding carboxylic acids is 4. The zero-order valence-electron chi connectivity index (χ0n) is 20.0. The fourth-order valence-corrected chi connectivity index (χ4v) is 2.09. The molecule has 0 radical (unpaired) electrons. The maximum Gasteiger partial charge on any atom is 0.351 e. The second kappa shape index (κ2) is 9.28. The van der Waals surface area contributed by atoms with Gasteiger partial charge in [0.15, 0.2) is 11.9 Å². The van der Waals surface area contributed by atoms with Crippen molar-refractivity contribution in [2.45, 2.75) is 80.6 Å². The summed E-state index contributed by atoms with van der Waals surface area (Å²) in [6.45, 7) is 14.7. The maximum atomic E-state index is 12.6. The molecule has 0 saturated heterocycles. The molecule has 0 aromatic rings. The Balaban J connectivity index is 3.46. The maximum absolute atomic E-state index is 12.6. The van der Waals surface area contributed by atoms with Crippen LogP contribution in [0.1, 0.15) is 62.3 Å². The Morgan fingerprint density at radius 3 is 1.65 bits per heavy atom. The van der Waals surface area contributed by atoms with Gasteiger partial charge in [-0.25, -0.2) is 4.79 Å². The summed E-state index contributed by atoms with van der Waals surface area (Å²) in [7, 11) is 1.14. The van der Waals surface area contributed by atoms with E-state index in [4.69, 9.17) is 23.7 Å². The van der Waals surface area contributed by atoms with Crippen LogP contribution < -0.4 is 0 Å². The number of rotatable bonds is 4. The lowest BCUT2D eigenvalue weighted by atomic mass is 9.95. The highest BCUT2D eigenvalue weighted by Gasteiger charge is 2.50. The molecule has 0 aliphatic carbocycles. The number of ether oxygens (including phenoxy) is 5. The average Bonchev–Trinajstić information content (AvgIpc) is 2.60. The molecule has 9 nitrogen and oxygen atoms in total. The first-order valence-corrected chi connectivity index (χ1v) is 9.97. The van der Waals surface area contributed by atoms with Gasteiger partial charge in [0.25, 0.3) is 0 Å². The number of esters is 4. The summed E-state index contributed by atoms with van der Waals surface area (Å²) in [5.41, 5.74) is -2.73. The third-order valence-corrected chi connectivity index (χ3v) is 4.17. The van der Waals surface area contributed by atoms with E-state index >= 15 is 0 Å². The van der Waals surface area contributed by atoms with Crippen LogP contribution in [0.15, 0.2) is 12.0 Å². The van der Waals surface area contributed by atoms with Gasteiger partial charge in [0.2, 0.25) is 12.2 Å². The van der Waals surface area contributed by atoms with Crippen LogP contribution in [-0.4, -0.2) is 49.3 Å². The van der Waals surface area contributed by atoms with Crippen molar-refractivity contribution in [2.75, 3.05) is 7.11 Å². The van der Waals surface area contributed by atoms with Crippen LogP contribution in [0.3, 0.4) is 0 Å². The van der Waals surface area contributed by atoms with Crippen molar-refractivity contribution in [3.05, 3.63) is 12.0 Å². The molecular formula is C22H34O9. The van der Waals surface area contributed by atoms with E-state index in [2.05, 4.69) is 0 Å². The van der Waals surface area contributed by atoms with Gasteiger partial charge in [-0.3, -0.25) is 14.4 Å². The molecule has 0 aromatic heterocycles. The second-order valence-corrected chi connectivity index (χ2v) is 10.4. The zero-order valence-corrected chi connectivity index (χ0v) is 20.0. The molecule has 176 valence electrons. The number of methoxy groups -OCH3 is 1. The van der Waals surface area contributed by atoms with E-state index in [1.165, 1.54) is 0 Å². The minimum absolute atomic E-state index is 0.190. The Labute approximate surface area is 183 Å². The van der Waals surface area contributed by atoms with E-state index in [0.29, 0.717) is 0 Å². The molecule has 31 heavy (non-hydrogen) atoms. The molecule has 0 spiro atoms. The van der Waals surface area contributed by atoms with Gasteiger partial charge in [-0.1, -0.05) is 0 Å². The largest absolute Gasteiger partial charge is 0.478 e. The Morgan fingerprint density at radius 1 is 0.774 bits per heavy atom. The third-order valence-electron chi connectivity index (χ3n) is 4.17. The molecule has 0 N–H and O–H groups in total. The predicted molar refractivity (Wildman–Crippen MR) is 109 cm³/mol. The molecule has 0 unspecified atom stereocenters. The Morgan fingerprint density at radius 2 is 1.23 bits per heavy atom. The van der Waals surface area contributed by atoms with Crippen LogP contribution in [0.5, 0.6) is 0 Å². The Bertz CT molecular complexity index is 744. The predicted octanol–water partition coefficient (Wildman–Crippen LogP) is 2.90. The van der Waals surface area contributed by atoms with Crippen LogP contribution in [0.25, 0.3) is 0 Å². The summed E-state index contributed by atoms with van der Waals surface area (Å²) < 4.78 is 26.7. The standard InChI is InChI=1S/C22H34O9/c1-20(2,3)17(24)29-12-11-28-15(16(23)27-10)14(31-19(26)22(7,8)9)13(12)30-18(25)21(4,5)6/h11,13-15H,1-10H3/t13-,14+,15+/m1/s1. The molecule has 1 heterocycles. The summed E-state index contributed by atoms with van der Waals surface area (Å²) in [5, 5.41) is 0. The first-order valence-electron chi connectivity index (χ1n) is 9.97. The van der Waals surface area contributed by atoms with Crippen molar-refractivity contribution in [1.82, 2.24) is 0 Å². The van der Waals surface area contributed by atoms with Crippen molar-refractivity contribution in [2.24, 2.45) is 16.2 Å². The van der Waals surface area contributed by atoms with Crippen molar-refractivity contribution in [1.29, 1.82) is 0 Å². The SMILES string of the molecule is COC(=O)[C@H]1OC=C(OC(=O)C(C)(C)C)[C@@H](OC(=O)C(C)(C)C)[C@@H]1OC(=O)C(C)(C)C. The van der Waals surface area contributed by atoms with Gasteiger partial charge in [-0.15, -0.1) is 0 Å². The number of hydrogen-bond acceptors (Lipinski definition) is 9. The molecule has 0 aromatic carbocycles. The minimum atomic E-state index is -1.43. The molecular weight excluding hydrogens is 408 g/mol. The Kier molecular flexibility index (Phi) is 7.92. The smallest absolute Gasteiger partial charge is 0.351 e. The summed E-state index contributed by atoms with van der Waals surface area (Å²) in [4.78, 5) is 50.0. The van der Waals surface area contributed by atoms with Gasteiger partial charge in [0.05, 0.1) is 23.4 Å². The van der Waals surface area contributed by atoms with Crippen LogP contribution in [0.2, 0.25) is 0 Å². The van der Waals surface area contributed by atoms with Crippen molar-refractivity contribution in [3.8, 4) is 0 Å². The van der Waals surface area contributed by atoms with Gasteiger partial charge in [0, 0.05) is 0 Å². The normalized spacial score (nSPS) is 21.9. The molecule has 1 aliphatic heterocycles. The lowest BCUT2D eigenvalue weighted by molar-refractivity contribution is -0.199. The number of carbonyl (C=O) groups is 4. The van der Waals surface area contributed by atoms with E-state index in [0.717, 1.165) is 13.4 Å². The molecule has 3 atom stereocenters. The summed E-state index contributed by atoms with van der Waals surface area (Å²) >= 11 is 0. The summed E-state index contributed by atoms with van der Waals surface area (Å²) in [6.07, 6.45) is -3.25. The van der Waals surface area contributed by atoms with Gasteiger partial charge < -0.3 is 23.7 Å². The fourth-order valence-electron chi connectivity index (χ4n) is 2.09. The molecule has 9 heteroatoms. The van der Waals surface area contributed by atoms with Crippen LogP contribution in [0, 0.1) is 16.2 Å². The van der Waals surface area contributed by atoms with Gasteiger partial charge in [0.1, 0.15) is 6.26 Å². The summed E-state index contributed by atoms with van der Waals surface area (Å²) in [5.74, 6) is -2.99. The van der Waals surface area contributed by atoms with E-state index in [-0.39, 0.29) is 5.76 Å². The van der Waals surface area contributed by atoms with E-state index < -0.39 is 58.4 Å². The zero-order chi connectivity index (χ0) is 24.4. The molecule has 0 bridgehead atoms. The molecule has 1 rings (SSSR count). The van der Waals surface area contributed by atoms with E-state index in [9.17, 15) is 19.2 Å². The van der Waals surface area contributed by atoms with Crippen LogP contribution in [-0.2, 0) is 42.9 Å². The van der Waals surface area contributed by atoms with Gasteiger partial charge in [-0.2, -0.15) is 0 Å². The average molecular weight is 443 g/mol. The van der Waals surface area contributed by atoms with Gasteiger partial charge >= 0.3 is 23.9 Å². The van der Waals surface area contributed by atoms with Crippen molar-refractivity contribution in [3.63, 3.8) is 0 Å². The third kappa shape index (κ3) is 6.97. The van der Waals surface area contributed by atoms with Crippen LogP contribution >= 0.6 is 0 Å². The molecule has 0 saturated carbocycles. The Hall–Kier alpha value is -2.58. The highest BCUT2D eigenvalue weighted by Crippen LogP contribution is 2.32. The van der Waals surface area contributed by atoms with Crippen LogP contribution in [0.4, 0.5) is 0 Å². The van der Waals surface area contributed by atoms with Gasteiger partial charge in [-0.05, 0) is 62.3 Å². The van der Waals surface area contributed by atoms with E-state index in [1.54, 1.807) is 62.3 Å². The first kappa shape index (κ1) is 26.5. The molecule has 1 aliphatic rings. The first-order chi connectivity index (χ1) is 13.9. The monoisotopic (exact) mass is 442 g/mol. The minimum Gasteiger partial charge on any atom is -0.478 e. The molecule has 0 fully saturated rings. The second-order valence-electron chi connectivity index (χ2n) is 10.4. The fraction of sp³-hybridized carbons (Fsp3) is 0.727. The molecule has 0 amide bonds. The highest BCUT2D eigenvalue weighted by molar-refractivity contribution is 5.81. The summed E-state index contributed by atoms with van der Waals surface area (Å²) in [6, 6.07) is 0. The highest BCUT2D eigenvalue weighted by atomic mass is 16.6. The van der Waals surface area contributed by atoms with E-state index in [1.807, 2.05) is 0 Å². The lowest BCUT2D eigenvalue weighted by Crippen LogP contribution is -2.53. The van der Waals surface area contributed by atoms with Crippen molar-refractivity contribution >= 4 is 23.9 Å². The number of hydrogen-bond donors (Lipinski definition) is 0. The quantitative estimate of drug-likeness (QED) is 0.479. The topological polar surface area (TPSA) is 114 Å².